The Labute approximate surface area is 99.9 Å². The number of hydrogen-bond donors (Lipinski definition) is 1. The lowest BCUT2D eigenvalue weighted by Crippen LogP contribution is -2.43. The molecule has 0 saturated heterocycles. The average Bonchev–Trinajstić information content (AvgIpc) is 2.34. The van der Waals surface area contributed by atoms with Crippen LogP contribution in [-0.2, 0) is 9.47 Å². The lowest BCUT2D eigenvalue weighted by Gasteiger charge is -2.32. The van der Waals surface area contributed by atoms with Crippen LogP contribution in [0, 0.1) is 5.92 Å². The normalized spacial score (nSPS) is 27.9. The van der Waals surface area contributed by atoms with Crippen molar-refractivity contribution in [2.75, 3.05) is 27.4 Å². The molecular weight excluding hydrogens is 202 g/mol. The monoisotopic (exact) mass is 229 g/mol. The van der Waals surface area contributed by atoms with Crippen LogP contribution in [0.4, 0.5) is 0 Å². The molecule has 1 aliphatic rings. The van der Waals surface area contributed by atoms with Crippen molar-refractivity contribution in [2.24, 2.45) is 5.92 Å². The number of hydrogen-bond acceptors (Lipinski definition) is 3. The van der Waals surface area contributed by atoms with Gasteiger partial charge in [-0.2, -0.15) is 0 Å². The molecule has 0 aromatic rings. The highest BCUT2D eigenvalue weighted by Gasteiger charge is 2.23. The molecule has 1 aliphatic carbocycles. The van der Waals surface area contributed by atoms with Crippen molar-refractivity contribution in [3.8, 4) is 0 Å². The Kier molecular flexibility index (Phi) is 7.01. The molecule has 0 heterocycles. The summed E-state index contributed by atoms with van der Waals surface area (Å²) < 4.78 is 10.5. The summed E-state index contributed by atoms with van der Waals surface area (Å²) in [6.45, 7) is 3.88. The molecule has 1 N–H and O–H groups in total. The Morgan fingerprint density at radius 2 is 2.00 bits per heavy atom. The fourth-order valence-electron chi connectivity index (χ4n) is 2.64. The van der Waals surface area contributed by atoms with E-state index in [2.05, 4.69) is 12.2 Å². The molecule has 0 bridgehead atoms. The minimum absolute atomic E-state index is 0.185. The summed E-state index contributed by atoms with van der Waals surface area (Å²) in [5.74, 6) is 0.855. The first-order valence-electron chi connectivity index (χ1n) is 6.56. The largest absolute Gasteiger partial charge is 0.382 e. The third-order valence-electron chi connectivity index (χ3n) is 3.73. The van der Waals surface area contributed by atoms with E-state index in [0.29, 0.717) is 12.6 Å². The number of methoxy groups -OCH3 is 2. The molecule has 16 heavy (non-hydrogen) atoms. The van der Waals surface area contributed by atoms with Crippen molar-refractivity contribution in [1.29, 1.82) is 0 Å². The first-order valence-corrected chi connectivity index (χ1v) is 6.56. The first kappa shape index (κ1) is 13.9. The zero-order valence-corrected chi connectivity index (χ0v) is 11.0. The first-order chi connectivity index (χ1) is 7.81. The van der Waals surface area contributed by atoms with Crippen LogP contribution in [0.1, 0.15) is 39.0 Å². The van der Waals surface area contributed by atoms with E-state index in [1.54, 1.807) is 14.2 Å². The Morgan fingerprint density at radius 1 is 1.25 bits per heavy atom. The zero-order chi connectivity index (χ0) is 11.8. The molecule has 96 valence electrons. The van der Waals surface area contributed by atoms with Crippen LogP contribution < -0.4 is 5.32 Å². The quantitative estimate of drug-likeness (QED) is 0.726. The van der Waals surface area contributed by atoms with Crippen LogP contribution in [0.5, 0.6) is 0 Å². The topological polar surface area (TPSA) is 30.5 Å². The maximum atomic E-state index is 5.36. The van der Waals surface area contributed by atoms with Crippen LogP contribution in [0.3, 0.4) is 0 Å². The van der Waals surface area contributed by atoms with Crippen molar-refractivity contribution >= 4 is 0 Å². The molecular formula is C13H27NO2. The SMILES string of the molecule is CCC1CCCCC1NCC(COC)OC. The molecule has 0 radical (unpaired) electrons. The highest BCUT2D eigenvalue weighted by atomic mass is 16.5. The fourth-order valence-corrected chi connectivity index (χ4v) is 2.64. The van der Waals surface area contributed by atoms with E-state index < -0.39 is 0 Å². The van der Waals surface area contributed by atoms with Crippen LogP contribution in [0.2, 0.25) is 0 Å². The highest BCUT2D eigenvalue weighted by Crippen LogP contribution is 2.26. The smallest absolute Gasteiger partial charge is 0.0928 e. The minimum atomic E-state index is 0.185. The van der Waals surface area contributed by atoms with Crippen molar-refractivity contribution in [3.63, 3.8) is 0 Å². The third-order valence-corrected chi connectivity index (χ3v) is 3.73. The minimum Gasteiger partial charge on any atom is -0.382 e. The Balaban J connectivity index is 2.28. The molecule has 3 heteroatoms. The van der Waals surface area contributed by atoms with Crippen molar-refractivity contribution < 1.29 is 9.47 Å². The Bertz CT molecular complexity index is 175. The van der Waals surface area contributed by atoms with E-state index >= 15 is 0 Å². The second kappa shape index (κ2) is 8.04. The van der Waals surface area contributed by atoms with Gasteiger partial charge in [-0.1, -0.05) is 26.2 Å². The van der Waals surface area contributed by atoms with E-state index in [9.17, 15) is 0 Å². The van der Waals surface area contributed by atoms with Gasteiger partial charge in [0.25, 0.3) is 0 Å². The van der Waals surface area contributed by atoms with E-state index in [1.807, 2.05) is 0 Å². The molecule has 1 fully saturated rings. The summed E-state index contributed by atoms with van der Waals surface area (Å²) in [6.07, 6.45) is 6.96. The van der Waals surface area contributed by atoms with Gasteiger partial charge in [0.05, 0.1) is 12.7 Å². The molecule has 3 unspecified atom stereocenters. The molecule has 0 aromatic carbocycles. The molecule has 3 nitrogen and oxygen atoms in total. The van der Waals surface area contributed by atoms with E-state index in [4.69, 9.17) is 9.47 Å². The van der Waals surface area contributed by atoms with Crippen molar-refractivity contribution in [2.45, 2.75) is 51.2 Å². The predicted molar refractivity (Wildman–Crippen MR) is 66.7 cm³/mol. The second-order valence-electron chi connectivity index (χ2n) is 4.78. The van der Waals surface area contributed by atoms with Gasteiger partial charge in [0.15, 0.2) is 0 Å². The van der Waals surface area contributed by atoms with Crippen molar-refractivity contribution in [1.82, 2.24) is 5.32 Å². The molecule has 0 aliphatic heterocycles. The number of nitrogens with one attached hydrogen (secondary N) is 1. The van der Waals surface area contributed by atoms with Gasteiger partial charge < -0.3 is 14.8 Å². The lowest BCUT2D eigenvalue weighted by atomic mass is 9.83. The standard InChI is InChI=1S/C13H27NO2/c1-4-11-7-5-6-8-13(11)14-9-12(16-3)10-15-2/h11-14H,4-10H2,1-3H3. The van der Waals surface area contributed by atoms with Gasteiger partial charge in [-0.3, -0.25) is 0 Å². The fraction of sp³-hybridized carbons (Fsp3) is 1.00. The van der Waals surface area contributed by atoms with Gasteiger partial charge in [0.2, 0.25) is 0 Å². The molecule has 0 aromatic heterocycles. The number of rotatable bonds is 7. The Hall–Kier alpha value is -0.120. The maximum absolute atomic E-state index is 5.36. The molecule has 1 saturated carbocycles. The van der Waals surface area contributed by atoms with E-state index in [1.165, 1.54) is 32.1 Å². The summed E-state index contributed by atoms with van der Waals surface area (Å²) in [6, 6.07) is 0.688. The van der Waals surface area contributed by atoms with Crippen LogP contribution in [-0.4, -0.2) is 39.5 Å². The van der Waals surface area contributed by atoms with E-state index in [-0.39, 0.29) is 6.10 Å². The third kappa shape index (κ3) is 4.40. The molecule has 3 atom stereocenters. The second-order valence-corrected chi connectivity index (χ2v) is 4.78. The summed E-state index contributed by atoms with van der Waals surface area (Å²) in [5.41, 5.74) is 0. The highest BCUT2D eigenvalue weighted by molar-refractivity contribution is 4.81. The summed E-state index contributed by atoms with van der Waals surface area (Å²) in [4.78, 5) is 0. The van der Waals surface area contributed by atoms with Gasteiger partial charge in [0, 0.05) is 26.8 Å². The summed E-state index contributed by atoms with van der Waals surface area (Å²) >= 11 is 0. The van der Waals surface area contributed by atoms with Crippen LogP contribution >= 0.6 is 0 Å². The number of ether oxygens (including phenoxy) is 2. The van der Waals surface area contributed by atoms with Gasteiger partial charge in [-0.15, -0.1) is 0 Å². The maximum Gasteiger partial charge on any atom is 0.0928 e. The van der Waals surface area contributed by atoms with Crippen LogP contribution in [0.15, 0.2) is 0 Å². The lowest BCUT2D eigenvalue weighted by molar-refractivity contribution is 0.0250. The molecule has 1 rings (SSSR count). The van der Waals surface area contributed by atoms with Crippen LogP contribution in [0.25, 0.3) is 0 Å². The van der Waals surface area contributed by atoms with Gasteiger partial charge in [-0.25, -0.2) is 0 Å². The van der Waals surface area contributed by atoms with Gasteiger partial charge in [-0.05, 0) is 18.8 Å². The predicted octanol–water partition coefficient (Wildman–Crippen LogP) is 2.21. The zero-order valence-electron chi connectivity index (χ0n) is 11.0. The van der Waals surface area contributed by atoms with Gasteiger partial charge in [0.1, 0.15) is 0 Å². The molecule has 0 amide bonds. The summed E-state index contributed by atoms with van der Waals surface area (Å²) in [7, 11) is 3.48. The molecule has 0 spiro atoms. The van der Waals surface area contributed by atoms with Gasteiger partial charge >= 0.3 is 0 Å². The average molecular weight is 229 g/mol. The van der Waals surface area contributed by atoms with E-state index in [0.717, 1.165) is 12.5 Å². The Morgan fingerprint density at radius 3 is 2.62 bits per heavy atom. The van der Waals surface area contributed by atoms with Crippen molar-refractivity contribution in [3.05, 3.63) is 0 Å². The summed E-state index contributed by atoms with van der Waals surface area (Å²) in [5, 5.41) is 3.65.